The standard InChI is InChI=1S/C12H17NO4S/c1-9-10(12(14)15)5-4-6-11(9)18(16,17)8-7-13(2)3/h4-6H,7-8H2,1-3H3,(H,14,15). The van der Waals surface area contributed by atoms with Gasteiger partial charge in [-0.3, -0.25) is 0 Å². The zero-order chi connectivity index (χ0) is 13.9. The van der Waals surface area contributed by atoms with Gasteiger partial charge in [0.2, 0.25) is 0 Å². The van der Waals surface area contributed by atoms with Crippen molar-refractivity contribution < 1.29 is 18.3 Å². The van der Waals surface area contributed by atoms with Crippen molar-refractivity contribution in [2.45, 2.75) is 11.8 Å². The molecule has 0 aliphatic rings. The minimum Gasteiger partial charge on any atom is -0.478 e. The van der Waals surface area contributed by atoms with Crippen molar-refractivity contribution >= 4 is 15.8 Å². The van der Waals surface area contributed by atoms with Gasteiger partial charge in [0.15, 0.2) is 9.84 Å². The first kappa shape index (κ1) is 14.7. The molecule has 0 aliphatic heterocycles. The molecule has 0 fully saturated rings. The van der Waals surface area contributed by atoms with Gasteiger partial charge in [-0.2, -0.15) is 0 Å². The van der Waals surface area contributed by atoms with Gasteiger partial charge in [-0.25, -0.2) is 13.2 Å². The van der Waals surface area contributed by atoms with Gasteiger partial charge in [-0.1, -0.05) is 6.07 Å². The molecule has 0 unspecified atom stereocenters. The molecule has 0 aliphatic carbocycles. The summed E-state index contributed by atoms with van der Waals surface area (Å²) in [6.45, 7) is 1.92. The number of carbonyl (C=O) groups is 1. The Balaban J connectivity index is 3.17. The lowest BCUT2D eigenvalue weighted by molar-refractivity contribution is 0.0696. The molecule has 1 aromatic carbocycles. The summed E-state index contributed by atoms with van der Waals surface area (Å²) in [5.74, 6) is -1.14. The van der Waals surface area contributed by atoms with Crippen LogP contribution in [0.2, 0.25) is 0 Å². The van der Waals surface area contributed by atoms with Crippen LogP contribution in [0.5, 0.6) is 0 Å². The van der Waals surface area contributed by atoms with Crippen LogP contribution in [-0.2, 0) is 9.84 Å². The Labute approximate surface area is 107 Å². The molecule has 0 bridgehead atoms. The molecule has 100 valence electrons. The second-order valence-electron chi connectivity index (χ2n) is 4.36. The van der Waals surface area contributed by atoms with Crippen LogP contribution in [0.3, 0.4) is 0 Å². The summed E-state index contributed by atoms with van der Waals surface area (Å²) in [7, 11) is 0.128. The molecule has 0 saturated carbocycles. The number of benzene rings is 1. The molecule has 18 heavy (non-hydrogen) atoms. The SMILES string of the molecule is Cc1c(C(=O)O)cccc1S(=O)(=O)CCN(C)C. The van der Waals surface area contributed by atoms with Crippen LogP contribution in [0, 0.1) is 6.92 Å². The summed E-state index contributed by atoms with van der Waals surface area (Å²) in [5, 5.41) is 8.97. The van der Waals surface area contributed by atoms with Crippen LogP contribution in [0.4, 0.5) is 0 Å². The predicted molar refractivity (Wildman–Crippen MR) is 68.7 cm³/mol. The first-order valence-corrected chi connectivity index (χ1v) is 7.11. The first-order chi connectivity index (χ1) is 8.25. The maximum atomic E-state index is 12.1. The molecular formula is C12H17NO4S. The Hall–Kier alpha value is -1.40. The molecule has 0 aromatic heterocycles. The quantitative estimate of drug-likeness (QED) is 0.865. The van der Waals surface area contributed by atoms with Crippen molar-refractivity contribution in [3.63, 3.8) is 0 Å². The summed E-state index contributed by atoms with van der Waals surface area (Å²) in [6, 6.07) is 4.31. The topological polar surface area (TPSA) is 74.7 Å². The number of carboxylic acids is 1. The van der Waals surface area contributed by atoms with Crippen molar-refractivity contribution in [1.82, 2.24) is 4.90 Å². The monoisotopic (exact) mass is 271 g/mol. The van der Waals surface area contributed by atoms with Crippen LogP contribution in [0.25, 0.3) is 0 Å². The van der Waals surface area contributed by atoms with Gasteiger partial charge in [0.25, 0.3) is 0 Å². The van der Waals surface area contributed by atoms with E-state index in [1.54, 1.807) is 19.0 Å². The Morgan fingerprint density at radius 2 is 1.94 bits per heavy atom. The predicted octanol–water partition coefficient (Wildman–Crippen LogP) is 1.03. The zero-order valence-electron chi connectivity index (χ0n) is 10.7. The molecule has 0 saturated heterocycles. The minimum absolute atomic E-state index is 0.0239. The number of rotatable bonds is 5. The molecule has 1 aromatic rings. The maximum Gasteiger partial charge on any atom is 0.335 e. The molecule has 0 amide bonds. The summed E-state index contributed by atoms with van der Waals surface area (Å²) in [4.78, 5) is 12.8. The summed E-state index contributed by atoms with van der Waals surface area (Å²) >= 11 is 0. The summed E-state index contributed by atoms with van der Waals surface area (Å²) in [6.07, 6.45) is 0. The van der Waals surface area contributed by atoms with E-state index in [-0.39, 0.29) is 16.2 Å². The Morgan fingerprint density at radius 3 is 2.44 bits per heavy atom. The van der Waals surface area contributed by atoms with Crippen molar-refractivity contribution in [3.8, 4) is 0 Å². The maximum absolute atomic E-state index is 12.1. The molecule has 0 atom stereocenters. The van der Waals surface area contributed by atoms with Gasteiger partial charge in [-0.05, 0) is 38.7 Å². The van der Waals surface area contributed by atoms with Crippen LogP contribution in [0.15, 0.2) is 23.1 Å². The van der Waals surface area contributed by atoms with Crippen molar-refractivity contribution in [1.29, 1.82) is 0 Å². The van der Waals surface area contributed by atoms with E-state index in [9.17, 15) is 13.2 Å². The Bertz CT molecular complexity index is 549. The fourth-order valence-electron chi connectivity index (χ4n) is 1.60. The molecular weight excluding hydrogens is 254 g/mol. The van der Waals surface area contributed by atoms with Gasteiger partial charge in [0.1, 0.15) is 0 Å². The van der Waals surface area contributed by atoms with E-state index < -0.39 is 15.8 Å². The third-order valence-corrected chi connectivity index (χ3v) is 4.49. The van der Waals surface area contributed by atoms with Crippen LogP contribution >= 0.6 is 0 Å². The fraction of sp³-hybridized carbons (Fsp3) is 0.417. The second-order valence-corrected chi connectivity index (χ2v) is 6.43. The Kier molecular flexibility index (Phi) is 4.48. The molecule has 5 nitrogen and oxygen atoms in total. The minimum atomic E-state index is -3.45. The van der Waals surface area contributed by atoms with E-state index in [0.717, 1.165) is 0 Å². The third-order valence-electron chi connectivity index (χ3n) is 2.66. The molecule has 1 rings (SSSR count). The van der Waals surface area contributed by atoms with Crippen LogP contribution in [0.1, 0.15) is 15.9 Å². The van der Waals surface area contributed by atoms with Crippen molar-refractivity contribution in [3.05, 3.63) is 29.3 Å². The number of sulfone groups is 1. The van der Waals surface area contributed by atoms with E-state index in [1.165, 1.54) is 25.1 Å². The summed E-state index contributed by atoms with van der Waals surface area (Å²) in [5.41, 5.74) is 0.324. The van der Waals surface area contributed by atoms with Crippen molar-refractivity contribution in [2.24, 2.45) is 0 Å². The molecule has 0 radical (unpaired) electrons. The van der Waals surface area contributed by atoms with Gasteiger partial charge in [-0.15, -0.1) is 0 Å². The zero-order valence-corrected chi connectivity index (χ0v) is 11.5. The molecule has 0 spiro atoms. The highest BCUT2D eigenvalue weighted by molar-refractivity contribution is 7.91. The van der Waals surface area contributed by atoms with Gasteiger partial charge in [0.05, 0.1) is 16.2 Å². The van der Waals surface area contributed by atoms with Gasteiger partial charge in [0, 0.05) is 6.54 Å². The van der Waals surface area contributed by atoms with E-state index in [2.05, 4.69) is 0 Å². The number of hydrogen-bond donors (Lipinski definition) is 1. The second kappa shape index (κ2) is 5.49. The normalized spacial score (nSPS) is 11.8. The number of carboxylic acid groups (broad SMARTS) is 1. The average molecular weight is 271 g/mol. The molecule has 0 heterocycles. The van der Waals surface area contributed by atoms with E-state index in [1.807, 2.05) is 0 Å². The Morgan fingerprint density at radius 1 is 1.33 bits per heavy atom. The third kappa shape index (κ3) is 3.30. The highest BCUT2D eigenvalue weighted by Gasteiger charge is 2.20. The highest BCUT2D eigenvalue weighted by atomic mass is 32.2. The lowest BCUT2D eigenvalue weighted by Crippen LogP contribution is -2.22. The van der Waals surface area contributed by atoms with Crippen LogP contribution in [-0.4, -0.2) is 50.8 Å². The summed E-state index contributed by atoms with van der Waals surface area (Å²) < 4.78 is 24.2. The molecule has 1 N–H and O–H groups in total. The smallest absolute Gasteiger partial charge is 0.335 e. The van der Waals surface area contributed by atoms with Crippen molar-refractivity contribution in [2.75, 3.05) is 26.4 Å². The largest absolute Gasteiger partial charge is 0.478 e. The number of hydrogen-bond acceptors (Lipinski definition) is 4. The average Bonchev–Trinajstić information content (AvgIpc) is 2.26. The van der Waals surface area contributed by atoms with Crippen LogP contribution < -0.4 is 0 Å². The molecule has 6 heteroatoms. The highest BCUT2D eigenvalue weighted by Crippen LogP contribution is 2.20. The first-order valence-electron chi connectivity index (χ1n) is 5.46. The van der Waals surface area contributed by atoms with E-state index in [0.29, 0.717) is 12.1 Å². The fourth-order valence-corrected chi connectivity index (χ4v) is 3.28. The lowest BCUT2D eigenvalue weighted by Gasteiger charge is -2.12. The van der Waals surface area contributed by atoms with Gasteiger partial charge < -0.3 is 10.0 Å². The lowest BCUT2D eigenvalue weighted by atomic mass is 10.1. The number of aromatic carboxylic acids is 1. The van der Waals surface area contributed by atoms with E-state index >= 15 is 0 Å². The van der Waals surface area contributed by atoms with Gasteiger partial charge >= 0.3 is 5.97 Å². The van der Waals surface area contributed by atoms with E-state index in [4.69, 9.17) is 5.11 Å². The number of nitrogens with zero attached hydrogens (tertiary/aromatic N) is 1.